The Labute approximate surface area is 181 Å². The van der Waals surface area contributed by atoms with Gasteiger partial charge in [0.2, 0.25) is 11.8 Å². The Morgan fingerprint density at radius 1 is 1.00 bits per heavy atom. The van der Waals surface area contributed by atoms with Gasteiger partial charge in [-0.3, -0.25) is 9.59 Å². The molecule has 0 aliphatic carbocycles. The van der Waals surface area contributed by atoms with E-state index in [1.54, 1.807) is 49.3 Å². The van der Waals surface area contributed by atoms with Gasteiger partial charge in [-0.05, 0) is 56.2 Å². The molecule has 2 amide bonds. The third-order valence-corrected chi connectivity index (χ3v) is 5.19. The third kappa shape index (κ3) is 6.65. The van der Waals surface area contributed by atoms with Gasteiger partial charge in [-0.25, -0.2) is 0 Å². The first kappa shape index (κ1) is 23.0. The summed E-state index contributed by atoms with van der Waals surface area (Å²) in [4.78, 5) is 27.2. The first-order valence-corrected chi connectivity index (χ1v) is 10.1. The van der Waals surface area contributed by atoms with Crippen LogP contribution in [-0.2, 0) is 22.6 Å². The second kappa shape index (κ2) is 10.5. The molecule has 0 saturated heterocycles. The number of amides is 2. The lowest BCUT2D eigenvalue weighted by Gasteiger charge is -2.29. The Kier molecular flexibility index (Phi) is 8.35. The lowest BCUT2D eigenvalue weighted by Crippen LogP contribution is -2.49. The third-order valence-electron chi connectivity index (χ3n) is 4.45. The molecule has 156 valence electrons. The van der Waals surface area contributed by atoms with Gasteiger partial charge in [0.05, 0.1) is 23.6 Å². The van der Waals surface area contributed by atoms with Crippen molar-refractivity contribution in [2.75, 3.05) is 7.11 Å². The minimum Gasteiger partial charge on any atom is -0.497 e. The lowest BCUT2D eigenvalue weighted by molar-refractivity contribution is -0.140. The average molecular weight is 437 g/mol. The molecule has 0 saturated carbocycles. The van der Waals surface area contributed by atoms with Gasteiger partial charge in [0.25, 0.3) is 0 Å². The molecule has 2 rings (SSSR count). The van der Waals surface area contributed by atoms with E-state index < -0.39 is 6.04 Å². The largest absolute Gasteiger partial charge is 0.497 e. The molecule has 2 aromatic carbocycles. The fourth-order valence-corrected chi connectivity index (χ4v) is 3.16. The SMILES string of the molecule is COc1ccc(CC(=O)N(Cc2ccc(Cl)c(Cl)c2)[C@H](C)C(=O)NC(C)C)cc1. The Balaban J connectivity index is 2.24. The van der Waals surface area contributed by atoms with Crippen molar-refractivity contribution in [2.45, 2.75) is 45.8 Å². The molecule has 1 atom stereocenters. The number of hydrogen-bond donors (Lipinski definition) is 1. The Bertz CT molecular complexity index is 854. The highest BCUT2D eigenvalue weighted by Crippen LogP contribution is 2.24. The summed E-state index contributed by atoms with van der Waals surface area (Å²) in [5, 5.41) is 3.72. The molecule has 0 aliphatic heterocycles. The minimum atomic E-state index is -0.641. The first-order chi connectivity index (χ1) is 13.7. The number of carbonyl (C=O) groups excluding carboxylic acids is 2. The topological polar surface area (TPSA) is 58.6 Å². The number of carbonyl (C=O) groups is 2. The van der Waals surface area contributed by atoms with Crippen LogP contribution in [0.5, 0.6) is 5.75 Å². The Morgan fingerprint density at radius 3 is 2.17 bits per heavy atom. The molecule has 0 fully saturated rings. The number of hydrogen-bond acceptors (Lipinski definition) is 3. The molecule has 0 aliphatic rings. The number of benzene rings is 2. The maximum absolute atomic E-state index is 13.1. The smallest absolute Gasteiger partial charge is 0.242 e. The first-order valence-electron chi connectivity index (χ1n) is 9.38. The second-order valence-electron chi connectivity index (χ2n) is 7.13. The molecular weight excluding hydrogens is 411 g/mol. The fraction of sp³-hybridized carbons (Fsp3) is 0.364. The van der Waals surface area contributed by atoms with Crippen LogP contribution in [0.15, 0.2) is 42.5 Å². The molecular formula is C22H26Cl2N2O3. The molecule has 0 aromatic heterocycles. The number of nitrogens with one attached hydrogen (secondary N) is 1. The Hall–Kier alpha value is -2.24. The van der Waals surface area contributed by atoms with Gasteiger partial charge in [-0.15, -0.1) is 0 Å². The molecule has 0 bridgehead atoms. The number of ether oxygens (including phenoxy) is 1. The van der Waals surface area contributed by atoms with Crippen LogP contribution in [0.3, 0.4) is 0 Å². The summed E-state index contributed by atoms with van der Waals surface area (Å²) in [6.07, 6.45) is 0.171. The lowest BCUT2D eigenvalue weighted by atomic mass is 10.1. The molecule has 7 heteroatoms. The molecule has 0 radical (unpaired) electrons. The molecule has 29 heavy (non-hydrogen) atoms. The van der Waals surface area contributed by atoms with E-state index in [2.05, 4.69) is 5.32 Å². The summed E-state index contributed by atoms with van der Waals surface area (Å²) in [6.45, 7) is 5.74. The normalized spacial score (nSPS) is 11.8. The van der Waals surface area contributed by atoms with Crippen molar-refractivity contribution in [1.82, 2.24) is 10.2 Å². The van der Waals surface area contributed by atoms with E-state index in [1.807, 2.05) is 26.0 Å². The van der Waals surface area contributed by atoms with Crippen LogP contribution in [0.1, 0.15) is 31.9 Å². The van der Waals surface area contributed by atoms with Crippen LogP contribution in [0, 0.1) is 0 Å². The van der Waals surface area contributed by atoms with Gasteiger partial charge < -0.3 is 15.0 Å². The quantitative estimate of drug-likeness (QED) is 0.662. The van der Waals surface area contributed by atoms with Gasteiger partial charge in [-0.2, -0.15) is 0 Å². The van der Waals surface area contributed by atoms with E-state index in [0.717, 1.165) is 16.9 Å². The van der Waals surface area contributed by atoms with Crippen LogP contribution in [0.25, 0.3) is 0 Å². The standard InChI is InChI=1S/C22H26Cl2N2O3/c1-14(2)25-22(28)15(3)26(13-17-7-10-19(23)20(24)11-17)21(27)12-16-5-8-18(29-4)9-6-16/h5-11,14-15H,12-13H2,1-4H3,(H,25,28)/t15-/m1/s1. The van der Waals surface area contributed by atoms with Crippen molar-refractivity contribution >= 4 is 35.0 Å². The van der Waals surface area contributed by atoms with Crippen molar-refractivity contribution in [3.8, 4) is 5.75 Å². The summed E-state index contributed by atoms with van der Waals surface area (Å²) >= 11 is 12.1. The van der Waals surface area contributed by atoms with E-state index in [0.29, 0.717) is 10.0 Å². The monoisotopic (exact) mass is 436 g/mol. The van der Waals surface area contributed by atoms with E-state index >= 15 is 0 Å². The highest BCUT2D eigenvalue weighted by atomic mass is 35.5. The van der Waals surface area contributed by atoms with Crippen LogP contribution >= 0.6 is 23.2 Å². The average Bonchev–Trinajstić information content (AvgIpc) is 2.68. The van der Waals surface area contributed by atoms with Gasteiger partial charge in [0.1, 0.15) is 11.8 Å². The van der Waals surface area contributed by atoms with Gasteiger partial charge >= 0.3 is 0 Å². The van der Waals surface area contributed by atoms with E-state index in [1.165, 1.54) is 0 Å². The zero-order valence-corrected chi connectivity index (χ0v) is 18.6. The molecule has 5 nitrogen and oxygen atoms in total. The van der Waals surface area contributed by atoms with Crippen molar-refractivity contribution < 1.29 is 14.3 Å². The molecule has 2 aromatic rings. The van der Waals surface area contributed by atoms with Gasteiger partial charge in [-0.1, -0.05) is 41.4 Å². The fourth-order valence-electron chi connectivity index (χ4n) is 2.84. The van der Waals surface area contributed by atoms with Gasteiger partial charge in [0.15, 0.2) is 0 Å². The summed E-state index contributed by atoms with van der Waals surface area (Å²) in [5.41, 5.74) is 1.64. The maximum Gasteiger partial charge on any atom is 0.242 e. The molecule has 0 spiro atoms. The summed E-state index contributed by atoms with van der Waals surface area (Å²) in [7, 11) is 1.59. The van der Waals surface area contributed by atoms with Gasteiger partial charge in [0, 0.05) is 12.6 Å². The van der Waals surface area contributed by atoms with Crippen molar-refractivity contribution in [3.63, 3.8) is 0 Å². The molecule has 0 unspecified atom stereocenters. The Morgan fingerprint density at radius 2 is 1.62 bits per heavy atom. The predicted octanol–water partition coefficient (Wildman–Crippen LogP) is 4.49. The number of methoxy groups -OCH3 is 1. The van der Waals surface area contributed by atoms with Crippen LogP contribution in [0.4, 0.5) is 0 Å². The highest BCUT2D eigenvalue weighted by Gasteiger charge is 2.26. The summed E-state index contributed by atoms with van der Waals surface area (Å²) in [5.74, 6) is 0.356. The second-order valence-corrected chi connectivity index (χ2v) is 7.95. The zero-order chi connectivity index (χ0) is 21.6. The summed E-state index contributed by atoms with van der Waals surface area (Å²) in [6, 6.07) is 11.8. The number of rotatable bonds is 8. The van der Waals surface area contributed by atoms with Crippen LogP contribution in [-0.4, -0.2) is 35.9 Å². The number of halogens is 2. The summed E-state index contributed by atoms with van der Waals surface area (Å²) < 4.78 is 5.16. The van der Waals surface area contributed by atoms with E-state index in [4.69, 9.17) is 27.9 Å². The molecule has 1 N–H and O–H groups in total. The van der Waals surface area contributed by atoms with Crippen LogP contribution in [0.2, 0.25) is 10.0 Å². The van der Waals surface area contributed by atoms with Crippen molar-refractivity contribution in [2.24, 2.45) is 0 Å². The number of nitrogens with zero attached hydrogens (tertiary/aromatic N) is 1. The van der Waals surface area contributed by atoms with E-state index in [-0.39, 0.29) is 30.8 Å². The zero-order valence-electron chi connectivity index (χ0n) is 17.0. The van der Waals surface area contributed by atoms with Crippen LogP contribution < -0.4 is 10.1 Å². The highest BCUT2D eigenvalue weighted by molar-refractivity contribution is 6.42. The minimum absolute atomic E-state index is 0.0199. The maximum atomic E-state index is 13.1. The van der Waals surface area contributed by atoms with E-state index in [9.17, 15) is 9.59 Å². The van der Waals surface area contributed by atoms with Crippen molar-refractivity contribution in [3.05, 3.63) is 63.6 Å². The molecule has 0 heterocycles. The predicted molar refractivity (Wildman–Crippen MR) is 116 cm³/mol. The van der Waals surface area contributed by atoms with Crippen molar-refractivity contribution in [1.29, 1.82) is 0 Å².